The minimum atomic E-state index is -1.77. The molecule has 0 unspecified atom stereocenters. The van der Waals surface area contributed by atoms with Gasteiger partial charge in [0.2, 0.25) is 0 Å². The highest BCUT2D eigenvalue weighted by atomic mass is 19.2. The molecular weight excluding hydrogens is 400 g/mol. The van der Waals surface area contributed by atoms with E-state index in [1.807, 2.05) is 79.7 Å². The van der Waals surface area contributed by atoms with Gasteiger partial charge in [0, 0.05) is 17.0 Å². The van der Waals surface area contributed by atoms with E-state index in [0.717, 1.165) is 27.8 Å². The van der Waals surface area contributed by atoms with E-state index < -0.39 is 34.6 Å². The van der Waals surface area contributed by atoms with Crippen LogP contribution in [0, 0.1) is 30.2 Å². The third-order valence-electron chi connectivity index (χ3n) is 6.80. The van der Waals surface area contributed by atoms with Gasteiger partial charge in [0.1, 0.15) is 0 Å². The van der Waals surface area contributed by atoms with Crippen LogP contribution in [0.25, 0.3) is 0 Å². The van der Waals surface area contributed by atoms with Gasteiger partial charge in [-0.2, -0.15) is 0 Å². The molecule has 152 valence electrons. The Morgan fingerprint density at radius 2 is 1.13 bits per heavy atom. The van der Waals surface area contributed by atoms with Gasteiger partial charge in [0.05, 0.1) is 5.41 Å². The minimum Gasteiger partial charge on any atom is -0.203 e. The Labute approximate surface area is 176 Å². The van der Waals surface area contributed by atoms with Crippen molar-refractivity contribution in [3.63, 3.8) is 0 Å². The monoisotopic (exact) mass is 416 g/mol. The summed E-state index contributed by atoms with van der Waals surface area (Å²) in [5, 5.41) is 0. The Morgan fingerprint density at radius 3 is 1.71 bits per heavy atom. The van der Waals surface area contributed by atoms with Gasteiger partial charge in [-0.1, -0.05) is 78.4 Å². The van der Waals surface area contributed by atoms with E-state index in [9.17, 15) is 8.78 Å². The average Bonchev–Trinajstić information content (AvgIpc) is 2.81. The molecule has 2 bridgehead atoms. The maximum absolute atomic E-state index is 15.6. The predicted molar refractivity (Wildman–Crippen MR) is 110 cm³/mol. The summed E-state index contributed by atoms with van der Waals surface area (Å²) in [6.45, 7) is 1.93. The van der Waals surface area contributed by atoms with Crippen LogP contribution in [0.15, 0.2) is 72.8 Å². The van der Waals surface area contributed by atoms with Gasteiger partial charge in [0.15, 0.2) is 23.3 Å². The molecule has 0 saturated heterocycles. The van der Waals surface area contributed by atoms with Crippen LogP contribution in [0.1, 0.15) is 50.4 Å². The van der Waals surface area contributed by atoms with Gasteiger partial charge in [-0.05, 0) is 34.7 Å². The molecule has 3 aliphatic rings. The second kappa shape index (κ2) is 6.07. The van der Waals surface area contributed by atoms with Crippen molar-refractivity contribution in [2.45, 2.75) is 18.3 Å². The van der Waals surface area contributed by atoms with E-state index in [2.05, 4.69) is 0 Å². The van der Waals surface area contributed by atoms with Gasteiger partial charge in [-0.25, -0.2) is 17.6 Å². The van der Waals surface area contributed by atoms with E-state index in [1.165, 1.54) is 0 Å². The summed E-state index contributed by atoms with van der Waals surface area (Å²) in [4.78, 5) is 0. The van der Waals surface area contributed by atoms with E-state index in [0.29, 0.717) is 5.56 Å². The SMILES string of the molecule is Cc1ccc(C23c4ccccc4C(c4ccccc42)c2c(F)c(F)c(F)c(F)c23)cc1. The number of rotatable bonds is 1. The summed E-state index contributed by atoms with van der Waals surface area (Å²) in [5.41, 5.74) is 3.23. The van der Waals surface area contributed by atoms with Crippen LogP contribution in [0.2, 0.25) is 0 Å². The molecule has 0 aromatic heterocycles. The van der Waals surface area contributed by atoms with Crippen molar-refractivity contribution >= 4 is 0 Å². The maximum Gasteiger partial charge on any atom is 0.197 e. The molecule has 0 spiro atoms. The van der Waals surface area contributed by atoms with Crippen molar-refractivity contribution in [3.05, 3.63) is 141 Å². The zero-order valence-electron chi connectivity index (χ0n) is 16.5. The average molecular weight is 416 g/mol. The lowest BCUT2D eigenvalue weighted by atomic mass is 9.50. The summed E-state index contributed by atoms with van der Waals surface area (Å²) >= 11 is 0. The molecule has 4 aromatic carbocycles. The van der Waals surface area contributed by atoms with Crippen LogP contribution in [0.3, 0.4) is 0 Å². The topological polar surface area (TPSA) is 0 Å². The van der Waals surface area contributed by atoms with Crippen LogP contribution >= 0.6 is 0 Å². The Kier molecular flexibility index (Phi) is 3.60. The Morgan fingerprint density at radius 1 is 0.613 bits per heavy atom. The van der Waals surface area contributed by atoms with Gasteiger partial charge in [0.25, 0.3) is 0 Å². The molecule has 31 heavy (non-hydrogen) atoms. The number of benzene rings is 4. The minimum absolute atomic E-state index is 0.116. The Balaban J connectivity index is 1.90. The smallest absolute Gasteiger partial charge is 0.197 e. The molecule has 4 heteroatoms. The van der Waals surface area contributed by atoms with Gasteiger partial charge < -0.3 is 0 Å². The number of hydrogen-bond acceptors (Lipinski definition) is 0. The first-order valence-corrected chi connectivity index (χ1v) is 10.1. The van der Waals surface area contributed by atoms with Gasteiger partial charge >= 0.3 is 0 Å². The highest BCUT2D eigenvalue weighted by Crippen LogP contribution is 2.62. The number of hydrogen-bond donors (Lipinski definition) is 0. The zero-order chi connectivity index (χ0) is 21.5. The molecule has 0 atom stereocenters. The van der Waals surface area contributed by atoms with Crippen molar-refractivity contribution in [2.75, 3.05) is 0 Å². The third-order valence-corrected chi connectivity index (χ3v) is 6.80. The van der Waals surface area contributed by atoms with E-state index in [1.54, 1.807) is 0 Å². The molecule has 0 amide bonds. The predicted octanol–water partition coefficient (Wildman–Crippen LogP) is 6.74. The normalized spacial score (nSPS) is 20.2. The first-order chi connectivity index (χ1) is 15.0. The standard InChI is InChI=1S/C27H16F4/c1-14-10-12-15(13-11-14)27-18-8-4-2-6-16(18)20(17-7-3-5-9-19(17)27)21-22(27)24(29)26(31)25(30)23(21)28/h2-13,20H,1H3. The molecule has 0 radical (unpaired) electrons. The summed E-state index contributed by atoms with van der Waals surface area (Å²) < 4.78 is 60.0. The van der Waals surface area contributed by atoms with Crippen molar-refractivity contribution < 1.29 is 17.6 Å². The molecule has 0 fully saturated rings. The fourth-order valence-corrected chi connectivity index (χ4v) is 5.62. The lowest BCUT2D eigenvalue weighted by molar-refractivity contribution is 0.384. The van der Waals surface area contributed by atoms with Gasteiger partial charge in [-0.15, -0.1) is 0 Å². The highest BCUT2D eigenvalue weighted by Gasteiger charge is 2.56. The van der Waals surface area contributed by atoms with E-state index in [4.69, 9.17) is 0 Å². The lowest BCUT2D eigenvalue weighted by Crippen LogP contribution is -2.45. The largest absolute Gasteiger partial charge is 0.203 e. The summed E-state index contributed by atoms with van der Waals surface area (Å²) in [6, 6.07) is 22.3. The summed E-state index contributed by atoms with van der Waals surface area (Å²) in [5.74, 6) is -6.90. The lowest BCUT2D eigenvalue weighted by Gasteiger charge is -2.51. The highest BCUT2D eigenvalue weighted by molar-refractivity contribution is 5.76. The number of halogens is 4. The van der Waals surface area contributed by atoms with Crippen molar-refractivity contribution in [2.24, 2.45) is 0 Å². The Bertz CT molecular complexity index is 1340. The van der Waals surface area contributed by atoms with E-state index in [-0.39, 0.29) is 11.1 Å². The van der Waals surface area contributed by atoms with Crippen LogP contribution < -0.4 is 0 Å². The van der Waals surface area contributed by atoms with E-state index >= 15 is 8.78 Å². The molecule has 0 aliphatic heterocycles. The molecule has 0 heterocycles. The molecule has 0 nitrogen and oxygen atoms in total. The molecular formula is C27H16F4. The maximum atomic E-state index is 15.6. The summed E-state index contributed by atoms with van der Waals surface area (Å²) in [7, 11) is 0. The first kappa shape index (κ1) is 18.4. The zero-order valence-corrected chi connectivity index (χ0v) is 16.5. The molecule has 4 aromatic rings. The third kappa shape index (κ3) is 2.05. The second-order valence-corrected chi connectivity index (χ2v) is 8.27. The summed E-state index contributed by atoms with van der Waals surface area (Å²) in [6.07, 6.45) is 0. The van der Waals surface area contributed by atoms with Crippen molar-refractivity contribution in [1.29, 1.82) is 0 Å². The van der Waals surface area contributed by atoms with Crippen molar-refractivity contribution in [1.82, 2.24) is 0 Å². The number of aryl methyl sites for hydroxylation is 1. The van der Waals surface area contributed by atoms with Crippen molar-refractivity contribution in [3.8, 4) is 0 Å². The first-order valence-electron chi connectivity index (χ1n) is 10.1. The van der Waals surface area contributed by atoms with Crippen LogP contribution in [-0.2, 0) is 5.41 Å². The van der Waals surface area contributed by atoms with Crippen LogP contribution in [0.5, 0.6) is 0 Å². The molecule has 0 N–H and O–H groups in total. The van der Waals surface area contributed by atoms with Crippen LogP contribution in [-0.4, -0.2) is 0 Å². The fraction of sp³-hybridized carbons (Fsp3) is 0.111. The molecule has 3 aliphatic carbocycles. The second-order valence-electron chi connectivity index (χ2n) is 8.27. The molecule has 7 rings (SSSR count). The van der Waals surface area contributed by atoms with Gasteiger partial charge in [-0.3, -0.25) is 0 Å². The van der Waals surface area contributed by atoms with Crippen LogP contribution in [0.4, 0.5) is 17.6 Å². The fourth-order valence-electron chi connectivity index (χ4n) is 5.62. The Hall–Kier alpha value is -3.40. The quantitative estimate of drug-likeness (QED) is 0.158. The molecule has 0 saturated carbocycles.